The van der Waals surface area contributed by atoms with Crippen LogP contribution in [0.15, 0.2) is 48.8 Å². The molecule has 0 saturated carbocycles. The van der Waals surface area contributed by atoms with Crippen molar-refractivity contribution in [2.45, 2.75) is 43.4 Å². The van der Waals surface area contributed by atoms with Crippen molar-refractivity contribution in [2.75, 3.05) is 6.61 Å². The highest BCUT2D eigenvalue weighted by molar-refractivity contribution is 5.94. The Morgan fingerprint density at radius 3 is 2.41 bits per heavy atom. The molecule has 11 heteroatoms. The summed E-state index contributed by atoms with van der Waals surface area (Å²) in [6, 6.07) is 7.69. The van der Waals surface area contributed by atoms with Crippen LogP contribution in [0.1, 0.15) is 41.7 Å². The predicted molar refractivity (Wildman–Crippen MR) is 119 cm³/mol. The molecule has 1 fully saturated rings. The van der Waals surface area contributed by atoms with Gasteiger partial charge in [-0.05, 0) is 11.6 Å². The van der Waals surface area contributed by atoms with E-state index in [2.05, 4.69) is 5.32 Å². The Bertz CT molecular complexity index is 1110. The van der Waals surface area contributed by atoms with E-state index in [9.17, 15) is 29.1 Å². The summed E-state index contributed by atoms with van der Waals surface area (Å²) >= 11 is 0. The monoisotopic (exact) mass is 470 g/mol. The van der Waals surface area contributed by atoms with Gasteiger partial charge in [-0.1, -0.05) is 37.3 Å². The first-order chi connectivity index (χ1) is 16.0. The summed E-state index contributed by atoms with van der Waals surface area (Å²) in [5, 5.41) is 12.0. The third-order valence-corrected chi connectivity index (χ3v) is 5.94. The number of aromatic nitrogens is 1. The van der Waals surface area contributed by atoms with E-state index in [1.165, 1.54) is 23.0 Å². The van der Waals surface area contributed by atoms with Gasteiger partial charge in [0.15, 0.2) is 5.78 Å². The largest absolute Gasteiger partial charge is 0.478 e. The molecule has 4 unspecified atom stereocenters. The second-order valence-electron chi connectivity index (χ2n) is 8.45. The van der Waals surface area contributed by atoms with Gasteiger partial charge in [0.05, 0.1) is 18.1 Å². The molecule has 34 heavy (non-hydrogen) atoms. The fourth-order valence-electron chi connectivity index (χ4n) is 4.35. The molecule has 1 aliphatic heterocycles. The molecule has 3 amide bonds. The molecule has 1 saturated heterocycles. The zero-order valence-corrected chi connectivity index (χ0v) is 18.5. The van der Waals surface area contributed by atoms with E-state index in [-0.39, 0.29) is 25.0 Å². The maximum Gasteiger partial charge on any atom is 0.337 e. The number of ketones is 1. The van der Waals surface area contributed by atoms with Crippen molar-refractivity contribution in [3.05, 3.63) is 59.9 Å². The number of carbonyl (C=O) groups is 5. The van der Waals surface area contributed by atoms with Crippen LogP contribution in [0, 0.1) is 0 Å². The SMILES string of the molecule is CC(CC(N)=O)(c1ccccc1)C(C(=O)NC1C(=O)COC1CC(N)=O)n1ccc(C(=O)O)c1. The number of carboxylic acids is 1. The topological polar surface area (TPSA) is 184 Å². The lowest BCUT2D eigenvalue weighted by Gasteiger charge is -2.38. The minimum absolute atomic E-state index is 0.0702. The first-order valence-corrected chi connectivity index (χ1v) is 10.5. The molecule has 3 rings (SSSR count). The molecule has 0 radical (unpaired) electrons. The van der Waals surface area contributed by atoms with Gasteiger partial charge >= 0.3 is 5.97 Å². The molecule has 6 N–H and O–H groups in total. The number of carbonyl (C=O) groups excluding carboxylic acids is 4. The van der Waals surface area contributed by atoms with Gasteiger partial charge in [0.1, 0.15) is 18.7 Å². The minimum atomic E-state index is -1.23. The van der Waals surface area contributed by atoms with Crippen LogP contribution in [0.2, 0.25) is 0 Å². The van der Waals surface area contributed by atoms with E-state index >= 15 is 0 Å². The highest BCUT2D eigenvalue weighted by Gasteiger charge is 2.46. The van der Waals surface area contributed by atoms with Gasteiger partial charge in [-0.25, -0.2) is 4.79 Å². The van der Waals surface area contributed by atoms with Gasteiger partial charge in [-0.3, -0.25) is 19.2 Å². The van der Waals surface area contributed by atoms with Crippen LogP contribution in [0.4, 0.5) is 0 Å². The molecule has 2 heterocycles. The molecule has 2 aromatic rings. The molecule has 1 aromatic heterocycles. The quantitative estimate of drug-likeness (QED) is 0.373. The van der Waals surface area contributed by atoms with Gasteiger partial charge in [-0.2, -0.15) is 0 Å². The fraction of sp³-hybridized carbons (Fsp3) is 0.348. The van der Waals surface area contributed by atoms with Crippen molar-refractivity contribution in [3.63, 3.8) is 0 Å². The number of Topliss-reactive ketones (excluding diaryl/α,β-unsaturated/α-hetero) is 1. The third-order valence-electron chi connectivity index (χ3n) is 5.94. The lowest BCUT2D eigenvalue weighted by molar-refractivity contribution is -0.131. The van der Waals surface area contributed by atoms with Gasteiger partial charge in [0.25, 0.3) is 0 Å². The number of nitrogens with zero attached hydrogens (tertiary/aromatic N) is 1. The Balaban J connectivity index is 2.08. The van der Waals surface area contributed by atoms with E-state index < -0.39 is 53.1 Å². The number of nitrogens with two attached hydrogens (primary N) is 2. The molecule has 180 valence electrons. The highest BCUT2D eigenvalue weighted by atomic mass is 16.5. The van der Waals surface area contributed by atoms with Crippen molar-refractivity contribution in [1.29, 1.82) is 0 Å². The lowest BCUT2D eigenvalue weighted by atomic mass is 9.72. The van der Waals surface area contributed by atoms with Crippen LogP contribution >= 0.6 is 0 Å². The zero-order chi connectivity index (χ0) is 25.0. The Kier molecular flexibility index (Phi) is 7.16. The predicted octanol–water partition coefficient (Wildman–Crippen LogP) is -0.111. The van der Waals surface area contributed by atoms with E-state index in [1.54, 1.807) is 37.3 Å². The Morgan fingerprint density at radius 1 is 1.18 bits per heavy atom. The molecule has 4 atom stereocenters. The summed E-state index contributed by atoms with van der Waals surface area (Å²) in [6.07, 6.45) is 1.21. The molecule has 1 aromatic carbocycles. The number of rotatable bonds is 10. The van der Waals surface area contributed by atoms with Crippen LogP contribution in [0.5, 0.6) is 0 Å². The molecular weight excluding hydrogens is 444 g/mol. The van der Waals surface area contributed by atoms with Crippen molar-refractivity contribution in [1.82, 2.24) is 9.88 Å². The summed E-state index contributed by atoms with van der Waals surface area (Å²) in [4.78, 5) is 61.1. The molecule has 0 bridgehead atoms. The smallest absolute Gasteiger partial charge is 0.337 e. The summed E-state index contributed by atoms with van der Waals surface area (Å²) in [6.45, 7) is 1.36. The van der Waals surface area contributed by atoms with Crippen molar-refractivity contribution in [3.8, 4) is 0 Å². The van der Waals surface area contributed by atoms with Crippen LogP contribution in [0.3, 0.4) is 0 Å². The van der Waals surface area contributed by atoms with Gasteiger partial charge in [-0.15, -0.1) is 0 Å². The minimum Gasteiger partial charge on any atom is -0.478 e. The van der Waals surface area contributed by atoms with Gasteiger partial charge in [0, 0.05) is 24.2 Å². The second kappa shape index (κ2) is 9.87. The first kappa shape index (κ1) is 24.6. The number of hydrogen-bond donors (Lipinski definition) is 4. The summed E-state index contributed by atoms with van der Waals surface area (Å²) in [5.74, 6) is -3.70. The normalized spacial score (nSPS) is 20.3. The average Bonchev–Trinajstić information content (AvgIpc) is 3.36. The van der Waals surface area contributed by atoms with E-state index in [0.717, 1.165) is 0 Å². The number of carboxylic acid groups (broad SMARTS) is 1. The molecule has 0 spiro atoms. The number of ether oxygens (including phenoxy) is 1. The maximum atomic E-state index is 13.7. The average molecular weight is 470 g/mol. The third kappa shape index (κ3) is 5.15. The number of amides is 3. The lowest BCUT2D eigenvalue weighted by Crippen LogP contribution is -2.52. The van der Waals surface area contributed by atoms with Crippen LogP contribution in [-0.4, -0.2) is 57.9 Å². The van der Waals surface area contributed by atoms with Crippen molar-refractivity contribution in [2.24, 2.45) is 11.5 Å². The number of hydrogen-bond acceptors (Lipinski definition) is 6. The second-order valence-corrected chi connectivity index (χ2v) is 8.45. The van der Waals surface area contributed by atoms with Crippen molar-refractivity contribution >= 4 is 29.5 Å². The zero-order valence-electron chi connectivity index (χ0n) is 18.5. The Hall–Kier alpha value is -3.99. The Morgan fingerprint density at radius 2 is 1.85 bits per heavy atom. The van der Waals surface area contributed by atoms with Crippen LogP contribution in [-0.2, 0) is 29.3 Å². The van der Waals surface area contributed by atoms with Crippen LogP contribution in [0.25, 0.3) is 0 Å². The standard InChI is InChI=1S/C23H26N4O7/c1-23(10-18(25)30,14-5-3-2-4-6-14)20(27-8-7-13(11-27)22(32)33)21(31)26-19-15(28)12-34-16(19)9-17(24)29/h2-8,11,16,19-20H,9-10,12H2,1H3,(H2,24,29)(H2,25,30)(H,26,31)(H,32,33). The molecule has 0 aliphatic carbocycles. The number of aromatic carboxylic acids is 1. The first-order valence-electron chi connectivity index (χ1n) is 10.5. The molecule has 1 aliphatic rings. The maximum absolute atomic E-state index is 13.7. The van der Waals surface area contributed by atoms with E-state index in [4.69, 9.17) is 16.2 Å². The summed E-state index contributed by atoms with van der Waals surface area (Å²) in [7, 11) is 0. The summed E-state index contributed by atoms with van der Waals surface area (Å²) < 4.78 is 6.69. The number of nitrogens with one attached hydrogen (secondary N) is 1. The van der Waals surface area contributed by atoms with E-state index in [1.807, 2.05) is 0 Å². The number of primary amides is 2. The van der Waals surface area contributed by atoms with Crippen molar-refractivity contribution < 1.29 is 33.8 Å². The summed E-state index contributed by atoms with van der Waals surface area (Å²) in [5.41, 5.74) is 10.1. The fourth-order valence-corrected chi connectivity index (χ4v) is 4.35. The molecule has 11 nitrogen and oxygen atoms in total. The highest BCUT2D eigenvalue weighted by Crippen LogP contribution is 2.39. The van der Waals surface area contributed by atoms with Gasteiger partial charge < -0.3 is 31.2 Å². The van der Waals surface area contributed by atoms with Crippen LogP contribution < -0.4 is 16.8 Å². The van der Waals surface area contributed by atoms with Gasteiger partial charge in [0.2, 0.25) is 17.7 Å². The molecular formula is C23H26N4O7. The Labute approximate surface area is 195 Å². The van der Waals surface area contributed by atoms with E-state index in [0.29, 0.717) is 5.56 Å². The number of benzene rings is 1.